The summed E-state index contributed by atoms with van der Waals surface area (Å²) in [5.74, 6) is 2.48. The van der Waals surface area contributed by atoms with Gasteiger partial charge in [-0.3, -0.25) is 0 Å². The molecule has 0 atom stereocenters. The maximum atomic E-state index is 7.13. The summed E-state index contributed by atoms with van der Waals surface area (Å²) in [5.41, 5.74) is 17.1. The van der Waals surface area contributed by atoms with Crippen molar-refractivity contribution in [3.8, 4) is 50.9 Å². The van der Waals surface area contributed by atoms with Crippen molar-refractivity contribution in [2.75, 3.05) is 0 Å². The summed E-state index contributed by atoms with van der Waals surface area (Å²) in [6, 6.07) is 74.9. The Balaban J connectivity index is 0.924. The number of ether oxygens (including phenoxy) is 1. The van der Waals surface area contributed by atoms with Gasteiger partial charge in [0.2, 0.25) is 0 Å². The smallest absolute Gasteiger partial charge is 0.434 e. The van der Waals surface area contributed by atoms with E-state index in [2.05, 4.69) is 220 Å². The average Bonchev–Trinajstić information content (AvgIpc) is 4.10. The third-order valence-electron chi connectivity index (χ3n) is 14.6. The van der Waals surface area contributed by atoms with E-state index < -0.39 is 0 Å². The van der Waals surface area contributed by atoms with E-state index in [4.69, 9.17) is 9.39 Å². The molecule has 0 spiro atoms. The zero-order valence-electron chi connectivity index (χ0n) is 35.4. The fourth-order valence-corrected chi connectivity index (χ4v) is 12.0. The van der Waals surface area contributed by atoms with Gasteiger partial charge in [0.1, 0.15) is 17.2 Å². The Kier molecular flexibility index (Phi) is 6.57. The topological polar surface area (TPSA) is 32.7 Å². The number of hydrogen-bond donors (Lipinski definition) is 0. The Hall–Kier alpha value is -8.74. The van der Waals surface area contributed by atoms with Crippen molar-refractivity contribution >= 4 is 99.5 Å². The predicted octanol–water partition coefficient (Wildman–Crippen LogP) is 14.0. The highest BCUT2D eigenvalue weighted by atomic mass is 16.5. The maximum absolute atomic E-state index is 7.13. The summed E-state index contributed by atoms with van der Waals surface area (Å²) >= 11 is 0. The van der Waals surface area contributed by atoms with E-state index >= 15 is 0 Å². The standard InChI is InChI=1S/C60H34BN3O2/c1-8-22-48(63-50-24-10-2-16-38(50)39-17-3-11-25-51(39)63)37(15-1)35-31-44-42-20-7-14-28-54(42)66-61-47-33-36(29-30-55(47)65-56(32-35)58(44)61)62-49-23-9-4-18-40(49)45-34-46-41-19-5-12-26-52(41)64-53-27-13-6-21-43(53)57(59(45)62)60(46)64/h1-34H. The van der Waals surface area contributed by atoms with Gasteiger partial charge in [-0.05, 0) is 90.0 Å². The van der Waals surface area contributed by atoms with Gasteiger partial charge in [0.25, 0.3) is 0 Å². The van der Waals surface area contributed by atoms with Crippen LogP contribution in [0.5, 0.6) is 17.2 Å². The molecule has 2 aliphatic heterocycles. The summed E-state index contributed by atoms with van der Waals surface area (Å²) in [7, 11) is 0. The number of para-hydroxylation sites is 7. The molecule has 0 fully saturated rings. The van der Waals surface area contributed by atoms with E-state index in [1.807, 2.05) is 0 Å². The molecule has 0 saturated carbocycles. The van der Waals surface area contributed by atoms with Crippen molar-refractivity contribution in [1.82, 2.24) is 13.5 Å². The fraction of sp³-hybridized carbons (Fsp3) is 0. The number of nitrogens with zero attached hydrogens (tertiary/aromatic N) is 3. The molecule has 0 N–H and O–H groups in total. The Bertz CT molecular complexity index is 4390. The van der Waals surface area contributed by atoms with Crippen LogP contribution in [0, 0.1) is 0 Å². The number of hydrogen-bond acceptors (Lipinski definition) is 2. The van der Waals surface area contributed by atoms with Crippen molar-refractivity contribution in [3.63, 3.8) is 0 Å². The van der Waals surface area contributed by atoms with Crippen LogP contribution >= 0.6 is 0 Å². The summed E-state index contributed by atoms with van der Waals surface area (Å²) in [5, 5.41) is 10.0. The molecule has 16 rings (SSSR count). The zero-order chi connectivity index (χ0) is 42.8. The molecule has 5 nitrogen and oxygen atoms in total. The molecular weight excluding hydrogens is 805 g/mol. The largest absolute Gasteiger partial charge is 0.551 e. The minimum Gasteiger partial charge on any atom is -0.551 e. The number of benzene rings is 10. The minimum atomic E-state index is -0.381. The molecule has 10 aromatic carbocycles. The van der Waals surface area contributed by atoms with Crippen molar-refractivity contribution in [2.45, 2.75) is 0 Å². The molecule has 14 aromatic rings. The molecule has 0 amide bonds. The zero-order valence-corrected chi connectivity index (χ0v) is 35.4. The molecule has 4 aromatic heterocycles. The fourth-order valence-electron chi connectivity index (χ4n) is 12.0. The van der Waals surface area contributed by atoms with Gasteiger partial charge in [0.15, 0.2) is 0 Å². The predicted molar refractivity (Wildman–Crippen MR) is 273 cm³/mol. The van der Waals surface area contributed by atoms with E-state index in [0.29, 0.717) is 0 Å². The lowest BCUT2D eigenvalue weighted by Gasteiger charge is -2.33. The van der Waals surface area contributed by atoms with Crippen LogP contribution in [-0.2, 0) is 0 Å². The molecule has 0 saturated heterocycles. The first-order chi connectivity index (χ1) is 32.8. The van der Waals surface area contributed by atoms with Crippen LogP contribution < -0.4 is 20.3 Å². The average molecular weight is 840 g/mol. The van der Waals surface area contributed by atoms with Crippen LogP contribution in [0.1, 0.15) is 0 Å². The summed E-state index contributed by atoms with van der Waals surface area (Å²) in [6.07, 6.45) is 0. The molecule has 2 aliphatic rings. The highest BCUT2D eigenvalue weighted by Crippen LogP contribution is 2.48. The second kappa shape index (κ2) is 12.5. The van der Waals surface area contributed by atoms with Gasteiger partial charge in [-0.25, -0.2) is 0 Å². The van der Waals surface area contributed by atoms with E-state index in [-0.39, 0.29) is 6.92 Å². The van der Waals surface area contributed by atoms with E-state index in [1.54, 1.807) is 0 Å². The highest BCUT2D eigenvalue weighted by Gasteiger charge is 2.41. The molecular formula is C60H34BN3O2. The maximum Gasteiger partial charge on any atom is 0.434 e. The van der Waals surface area contributed by atoms with Crippen LogP contribution in [0.4, 0.5) is 0 Å². The highest BCUT2D eigenvalue weighted by molar-refractivity contribution is 6.84. The number of rotatable bonds is 3. The molecule has 0 unspecified atom stereocenters. The van der Waals surface area contributed by atoms with Gasteiger partial charge in [-0.15, -0.1) is 0 Å². The third-order valence-corrected chi connectivity index (χ3v) is 14.6. The Morgan fingerprint density at radius 2 is 0.924 bits per heavy atom. The van der Waals surface area contributed by atoms with Gasteiger partial charge in [-0.1, -0.05) is 127 Å². The van der Waals surface area contributed by atoms with Crippen LogP contribution in [0.15, 0.2) is 206 Å². The summed E-state index contributed by atoms with van der Waals surface area (Å²) in [4.78, 5) is 0. The number of aromatic nitrogens is 3. The lowest BCUT2D eigenvalue weighted by Crippen LogP contribution is -2.53. The molecule has 6 heteroatoms. The Labute approximate surface area is 377 Å². The third kappa shape index (κ3) is 4.36. The van der Waals surface area contributed by atoms with Crippen LogP contribution in [0.3, 0.4) is 0 Å². The van der Waals surface area contributed by atoms with Gasteiger partial charge in [0, 0.05) is 70.8 Å². The normalized spacial score (nSPS) is 13.1. The Morgan fingerprint density at radius 3 is 1.67 bits per heavy atom. The molecule has 304 valence electrons. The first-order valence-corrected chi connectivity index (χ1v) is 22.7. The first-order valence-electron chi connectivity index (χ1n) is 22.7. The van der Waals surface area contributed by atoms with Gasteiger partial charge < -0.3 is 22.9 Å². The summed E-state index contributed by atoms with van der Waals surface area (Å²) < 4.78 is 21.6. The van der Waals surface area contributed by atoms with Crippen LogP contribution in [0.25, 0.3) is 115 Å². The lowest BCUT2D eigenvalue weighted by molar-refractivity contribution is 0.479. The lowest BCUT2D eigenvalue weighted by atomic mass is 9.50. The Morgan fingerprint density at radius 1 is 0.364 bits per heavy atom. The van der Waals surface area contributed by atoms with E-state index in [9.17, 15) is 0 Å². The number of fused-ring (bicyclic) bond motifs is 17. The summed E-state index contributed by atoms with van der Waals surface area (Å²) in [6.45, 7) is -0.381. The van der Waals surface area contributed by atoms with Crippen molar-refractivity contribution in [2.24, 2.45) is 0 Å². The molecule has 6 heterocycles. The van der Waals surface area contributed by atoms with E-state index in [1.165, 1.54) is 76.2 Å². The SMILES string of the molecule is c1ccc2c(c1)OB1c3cc(-n4c5ccccc5c5cc6c7ccccc7n7c8ccccc8c(c54)c67)ccc3Oc3cc(-c4ccccc4-n4c5ccccc5c5ccccc54)cc-2c31. The molecule has 66 heavy (non-hydrogen) atoms. The minimum absolute atomic E-state index is 0.381. The second-order valence-corrected chi connectivity index (χ2v) is 17.9. The molecule has 0 radical (unpaired) electrons. The quantitative estimate of drug-likeness (QED) is 0.166. The van der Waals surface area contributed by atoms with Gasteiger partial charge in [0.05, 0.1) is 44.3 Å². The first kappa shape index (κ1) is 34.7. The second-order valence-electron chi connectivity index (χ2n) is 17.9. The van der Waals surface area contributed by atoms with E-state index in [0.717, 1.165) is 67.3 Å². The molecule has 0 aliphatic carbocycles. The van der Waals surface area contributed by atoms with Gasteiger partial charge >= 0.3 is 6.92 Å². The van der Waals surface area contributed by atoms with Crippen molar-refractivity contribution in [1.29, 1.82) is 0 Å². The monoisotopic (exact) mass is 839 g/mol. The van der Waals surface area contributed by atoms with Crippen molar-refractivity contribution < 1.29 is 9.39 Å². The molecule has 0 bridgehead atoms. The van der Waals surface area contributed by atoms with Crippen LogP contribution in [0.2, 0.25) is 0 Å². The van der Waals surface area contributed by atoms with Gasteiger partial charge in [-0.2, -0.15) is 0 Å². The van der Waals surface area contributed by atoms with Crippen LogP contribution in [-0.4, -0.2) is 20.5 Å². The van der Waals surface area contributed by atoms with Crippen molar-refractivity contribution in [3.05, 3.63) is 206 Å².